The first-order valence-corrected chi connectivity index (χ1v) is 10.2. The summed E-state index contributed by atoms with van der Waals surface area (Å²) in [6.07, 6.45) is 1.09. The van der Waals surface area contributed by atoms with E-state index in [4.69, 9.17) is 0 Å². The zero-order valence-electron chi connectivity index (χ0n) is 13.2. The molecule has 0 fully saturated rings. The van der Waals surface area contributed by atoms with Crippen molar-refractivity contribution in [1.82, 2.24) is 0 Å². The van der Waals surface area contributed by atoms with Gasteiger partial charge in [-0.1, -0.05) is 6.07 Å². The van der Waals surface area contributed by atoms with Crippen LogP contribution in [0.4, 0.5) is 11.4 Å². The first kappa shape index (κ1) is 18.0. The van der Waals surface area contributed by atoms with Gasteiger partial charge in [-0.3, -0.25) is 9.52 Å². The van der Waals surface area contributed by atoms with Crippen LogP contribution in [-0.4, -0.2) is 20.6 Å². The van der Waals surface area contributed by atoms with Crippen molar-refractivity contribution < 1.29 is 13.2 Å². The molecular formula is C15H17BrN2O3S2. The second kappa shape index (κ2) is 6.62. The summed E-state index contributed by atoms with van der Waals surface area (Å²) in [7, 11) is -3.38. The molecule has 0 aliphatic rings. The number of aryl methyl sites for hydroxylation is 2. The average molecular weight is 417 g/mol. The van der Waals surface area contributed by atoms with Crippen LogP contribution in [-0.2, 0) is 10.0 Å². The van der Waals surface area contributed by atoms with Gasteiger partial charge >= 0.3 is 0 Å². The second-order valence-corrected chi connectivity index (χ2v) is 9.58. The molecule has 1 amide bonds. The van der Waals surface area contributed by atoms with Gasteiger partial charge in [0.2, 0.25) is 10.0 Å². The number of nitrogens with one attached hydrogen (secondary N) is 2. The number of anilines is 2. The minimum Gasteiger partial charge on any atom is -0.322 e. The summed E-state index contributed by atoms with van der Waals surface area (Å²) in [4.78, 5) is 13.6. The van der Waals surface area contributed by atoms with Crippen LogP contribution in [0.2, 0.25) is 0 Å². The lowest BCUT2D eigenvalue weighted by Crippen LogP contribution is -2.14. The van der Waals surface area contributed by atoms with Crippen LogP contribution in [0.3, 0.4) is 0 Å². The zero-order valence-corrected chi connectivity index (χ0v) is 16.4. The molecule has 1 heterocycles. The summed E-state index contributed by atoms with van der Waals surface area (Å²) in [5, 5.41) is 2.81. The molecule has 2 aromatic rings. The van der Waals surface area contributed by atoms with E-state index in [9.17, 15) is 13.2 Å². The fourth-order valence-corrected chi connectivity index (χ4v) is 4.75. The molecule has 0 radical (unpaired) electrons. The van der Waals surface area contributed by atoms with E-state index in [0.717, 1.165) is 26.0 Å². The van der Waals surface area contributed by atoms with Crippen LogP contribution < -0.4 is 10.0 Å². The Bertz CT molecular complexity index is 873. The van der Waals surface area contributed by atoms with Gasteiger partial charge in [0.25, 0.3) is 5.91 Å². The van der Waals surface area contributed by atoms with Gasteiger partial charge in [0.15, 0.2) is 0 Å². The average Bonchev–Trinajstić information content (AvgIpc) is 2.65. The highest BCUT2D eigenvalue weighted by Crippen LogP contribution is 2.33. The maximum Gasteiger partial charge on any atom is 0.257 e. The van der Waals surface area contributed by atoms with Crippen LogP contribution in [0.15, 0.2) is 22.0 Å². The van der Waals surface area contributed by atoms with E-state index >= 15 is 0 Å². The van der Waals surface area contributed by atoms with Crippen molar-refractivity contribution in [2.24, 2.45) is 0 Å². The van der Waals surface area contributed by atoms with Gasteiger partial charge in [-0.25, -0.2) is 8.42 Å². The molecule has 0 atom stereocenters. The van der Waals surface area contributed by atoms with E-state index in [0.29, 0.717) is 16.9 Å². The number of halogens is 1. The Hall–Kier alpha value is -1.38. The Morgan fingerprint density at radius 2 is 1.87 bits per heavy atom. The third-order valence-corrected chi connectivity index (χ3v) is 5.83. The van der Waals surface area contributed by atoms with E-state index < -0.39 is 10.0 Å². The van der Waals surface area contributed by atoms with Crippen molar-refractivity contribution in [3.8, 4) is 0 Å². The van der Waals surface area contributed by atoms with Crippen molar-refractivity contribution in [3.05, 3.63) is 43.6 Å². The summed E-state index contributed by atoms with van der Waals surface area (Å²) >= 11 is 4.93. The largest absolute Gasteiger partial charge is 0.322 e. The number of amides is 1. The second-order valence-electron chi connectivity index (χ2n) is 5.29. The third kappa shape index (κ3) is 4.33. The Labute approximate surface area is 148 Å². The normalized spacial score (nSPS) is 11.3. The molecule has 1 aromatic heterocycles. The summed E-state index contributed by atoms with van der Waals surface area (Å²) in [6.45, 7) is 5.65. The van der Waals surface area contributed by atoms with Gasteiger partial charge in [-0.05, 0) is 60.0 Å². The number of benzene rings is 1. The molecule has 0 aliphatic heterocycles. The molecule has 0 unspecified atom stereocenters. The molecule has 0 saturated carbocycles. The Balaban J connectivity index is 2.30. The van der Waals surface area contributed by atoms with Gasteiger partial charge in [0, 0.05) is 10.6 Å². The monoisotopic (exact) mass is 416 g/mol. The fourth-order valence-electron chi connectivity index (χ4n) is 2.05. The molecule has 124 valence electrons. The van der Waals surface area contributed by atoms with Gasteiger partial charge in [-0.15, -0.1) is 11.3 Å². The van der Waals surface area contributed by atoms with E-state index in [1.165, 1.54) is 11.3 Å². The van der Waals surface area contributed by atoms with Crippen molar-refractivity contribution in [2.75, 3.05) is 16.3 Å². The number of hydrogen-bond donors (Lipinski definition) is 2. The fraction of sp³-hybridized carbons (Fsp3) is 0.267. The lowest BCUT2D eigenvalue weighted by atomic mass is 10.1. The predicted molar refractivity (Wildman–Crippen MR) is 99.1 cm³/mol. The molecule has 5 nitrogen and oxygen atoms in total. The highest BCUT2D eigenvalue weighted by atomic mass is 79.9. The number of hydrogen-bond acceptors (Lipinski definition) is 4. The van der Waals surface area contributed by atoms with E-state index in [1.54, 1.807) is 25.1 Å². The SMILES string of the molecule is Cc1ccc(NC(=O)c2c(Br)sc(C)c2C)cc1NS(C)(=O)=O. The lowest BCUT2D eigenvalue weighted by Gasteiger charge is -2.11. The molecule has 23 heavy (non-hydrogen) atoms. The molecular weight excluding hydrogens is 400 g/mol. The van der Waals surface area contributed by atoms with Crippen LogP contribution in [0.25, 0.3) is 0 Å². The van der Waals surface area contributed by atoms with E-state index in [2.05, 4.69) is 26.0 Å². The predicted octanol–water partition coefficient (Wildman–Crippen LogP) is 4.06. The standard InChI is InChI=1S/C15H17BrN2O3S2/c1-8-5-6-11(7-12(8)18-23(4,20)21)17-15(19)13-9(2)10(3)22-14(13)16/h5-7,18H,1-4H3,(H,17,19). The van der Waals surface area contributed by atoms with Crippen LogP contribution in [0.5, 0.6) is 0 Å². The Morgan fingerprint density at radius 3 is 2.39 bits per heavy atom. The molecule has 0 bridgehead atoms. The molecule has 2 N–H and O–H groups in total. The molecule has 0 saturated heterocycles. The van der Waals surface area contributed by atoms with Gasteiger partial charge < -0.3 is 5.32 Å². The smallest absolute Gasteiger partial charge is 0.257 e. The number of rotatable bonds is 4. The molecule has 2 rings (SSSR count). The van der Waals surface area contributed by atoms with Crippen molar-refractivity contribution in [1.29, 1.82) is 0 Å². The molecule has 8 heteroatoms. The highest BCUT2D eigenvalue weighted by Gasteiger charge is 2.18. The van der Waals surface area contributed by atoms with Crippen LogP contribution in [0, 0.1) is 20.8 Å². The number of thiophene rings is 1. The molecule has 0 spiro atoms. The Morgan fingerprint density at radius 1 is 1.22 bits per heavy atom. The maximum atomic E-state index is 12.5. The maximum absolute atomic E-state index is 12.5. The third-order valence-electron chi connectivity index (χ3n) is 3.36. The van der Waals surface area contributed by atoms with E-state index in [1.807, 2.05) is 13.8 Å². The first-order valence-electron chi connectivity index (χ1n) is 6.74. The number of carbonyl (C=O) groups excluding carboxylic acids is 1. The zero-order chi connectivity index (χ0) is 17.4. The van der Waals surface area contributed by atoms with Gasteiger partial charge in [0.1, 0.15) is 0 Å². The summed E-state index contributed by atoms with van der Waals surface area (Å²) in [5.74, 6) is -0.229. The lowest BCUT2D eigenvalue weighted by molar-refractivity contribution is 0.102. The quantitative estimate of drug-likeness (QED) is 0.788. The summed E-state index contributed by atoms with van der Waals surface area (Å²) in [5.41, 5.74) is 3.29. The number of sulfonamides is 1. The van der Waals surface area contributed by atoms with Gasteiger partial charge in [0.05, 0.1) is 21.3 Å². The topological polar surface area (TPSA) is 75.3 Å². The molecule has 0 aliphatic carbocycles. The highest BCUT2D eigenvalue weighted by molar-refractivity contribution is 9.11. The Kier molecular flexibility index (Phi) is 5.17. The van der Waals surface area contributed by atoms with Crippen molar-refractivity contribution >= 4 is 54.6 Å². The van der Waals surface area contributed by atoms with E-state index in [-0.39, 0.29) is 5.91 Å². The van der Waals surface area contributed by atoms with Crippen molar-refractivity contribution in [3.63, 3.8) is 0 Å². The summed E-state index contributed by atoms with van der Waals surface area (Å²) in [6, 6.07) is 5.10. The van der Waals surface area contributed by atoms with Crippen molar-refractivity contribution in [2.45, 2.75) is 20.8 Å². The van der Waals surface area contributed by atoms with Crippen LogP contribution >= 0.6 is 27.3 Å². The van der Waals surface area contributed by atoms with Gasteiger partial charge in [-0.2, -0.15) is 0 Å². The minimum atomic E-state index is -3.38. The number of carbonyl (C=O) groups is 1. The van der Waals surface area contributed by atoms with Crippen LogP contribution in [0.1, 0.15) is 26.4 Å². The molecule has 1 aromatic carbocycles. The summed E-state index contributed by atoms with van der Waals surface area (Å²) < 4.78 is 26.0. The minimum absolute atomic E-state index is 0.229. The first-order chi connectivity index (χ1) is 10.6.